The number of rotatable bonds is 10. The lowest BCUT2D eigenvalue weighted by Crippen LogP contribution is -2.48. The minimum Gasteiger partial charge on any atom is -0.508 e. The van der Waals surface area contributed by atoms with Gasteiger partial charge in [-0.1, -0.05) is 44.2 Å². The van der Waals surface area contributed by atoms with Crippen LogP contribution in [0.5, 0.6) is 5.75 Å². The summed E-state index contributed by atoms with van der Waals surface area (Å²) in [5, 5.41) is 23.6. The fourth-order valence-electron chi connectivity index (χ4n) is 3.58. The van der Waals surface area contributed by atoms with Gasteiger partial charge in [-0.2, -0.15) is 0 Å². The summed E-state index contributed by atoms with van der Waals surface area (Å²) in [6.07, 6.45) is 7.16. The quantitative estimate of drug-likeness (QED) is 0.489. The molecule has 1 aromatic rings. The molecule has 0 aliphatic heterocycles. The Morgan fingerprint density at radius 2 is 1.75 bits per heavy atom. The van der Waals surface area contributed by atoms with Crippen molar-refractivity contribution in [2.75, 3.05) is 6.54 Å². The second-order valence-corrected chi connectivity index (χ2v) is 7.47. The predicted molar refractivity (Wildman–Crippen MR) is 105 cm³/mol. The molecule has 1 fully saturated rings. The van der Waals surface area contributed by atoms with Crippen molar-refractivity contribution in [2.45, 2.75) is 63.8 Å². The van der Waals surface area contributed by atoms with E-state index in [1.807, 2.05) is 0 Å². The van der Waals surface area contributed by atoms with Crippen LogP contribution in [0, 0.1) is 5.92 Å². The van der Waals surface area contributed by atoms with Gasteiger partial charge < -0.3 is 20.8 Å². The summed E-state index contributed by atoms with van der Waals surface area (Å²) in [4.78, 5) is 35.6. The maximum absolute atomic E-state index is 12.3. The van der Waals surface area contributed by atoms with E-state index in [4.69, 9.17) is 5.11 Å². The van der Waals surface area contributed by atoms with E-state index >= 15 is 0 Å². The van der Waals surface area contributed by atoms with Crippen LogP contribution in [0.2, 0.25) is 0 Å². The van der Waals surface area contributed by atoms with Crippen molar-refractivity contribution in [1.82, 2.24) is 10.6 Å². The number of hydrogen-bond acceptors (Lipinski definition) is 4. The molecule has 7 nitrogen and oxygen atoms in total. The van der Waals surface area contributed by atoms with E-state index in [-0.39, 0.29) is 11.7 Å². The van der Waals surface area contributed by atoms with E-state index in [9.17, 15) is 19.5 Å². The molecule has 4 N–H and O–H groups in total. The SMILES string of the molecule is O=C(O)CC(NC(=O)CCC1CCCCC1)C(=O)NCCc1ccc(O)cc1. The molecule has 1 aromatic carbocycles. The van der Waals surface area contributed by atoms with Gasteiger partial charge in [0, 0.05) is 13.0 Å². The third kappa shape index (κ3) is 7.98. The number of carbonyl (C=O) groups is 3. The topological polar surface area (TPSA) is 116 Å². The fourth-order valence-corrected chi connectivity index (χ4v) is 3.58. The molecule has 154 valence electrons. The Morgan fingerprint density at radius 3 is 2.39 bits per heavy atom. The number of phenolic OH excluding ortho intramolecular Hbond substituents is 1. The molecule has 0 aromatic heterocycles. The predicted octanol–water partition coefficient (Wildman–Crippen LogP) is 2.37. The van der Waals surface area contributed by atoms with Crippen LogP contribution in [0.1, 0.15) is 56.9 Å². The smallest absolute Gasteiger partial charge is 0.305 e. The van der Waals surface area contributed by atoms with Crippen LogP contribution in [0.4, 0.5) is 0 Å². The van der Waals surface area contributed by atoms with Crippen molar-refractivity contribution < 1.29 is 24.6 Å². The number of carboxylic acid groups (broad SMARTS) is 1. The van der Waals surface area contributed by atoms with E-state index < -0.39 is 24.3 Å². The van der Waals surface area contributed by atoms with Crippen molar-refractivity contribution in [1.29, 1.82) is 0 Å². The summed E-state index contributed by atoms with van der Waals surface area (Å²) in [6.45, 7) is 0.317. The molecule has 0 saturated heterocycles. The Hall–Kier alpha value is -2.57. The summed E-state index contributed by atoms with van der Waals surface area (Å²) in [5.74, 6) is -1.18. The van der Waals surface area contributed by atoms with Gasteiger partial charge in [0.25, 0.3) is 0 Å². The van der Waals surface area contributed by atoms with Crippen LogP contribution in [0.3, 0.4) is 0 Å². The van der Waals surface area contributed by atoms with Crippen molar-refractivity contribution in [3.8, 4) is 5.75 Å². The first-order valence-corrected chi connectivity index (χ1v) is 10.0. The van der Waals surface area contributed by atoms with Crippen LogP contribution >= 0.6 is 0 Å². The van der Waals surface area contributed by atoms with Crippen LogP contribution in [0.15, 0.2) is 24.3 Å². The van der Waals surface area contributed by atoms with Gasteiger partial charge in [-0.05, 0) is 36.5 Å². The van der Waals surface area contributed by atoms with E-state index in [1.165, 1.54) is 19.3 Å². The van der Waals surface area contributed by atoms with Crippen molar-refractivity contribution >= 4 is 17.8 Å². The lowest BCUT2D eigenvalue weighted by Gasteiger charge is -2.22. The number of aromatic hydroxyl groups is 1. The largest absolute Gasteiger partial charge is 0.508 e. The van der Waals surface area contributed by atoms with Gasteiger partial charge in [-0.15, -0.1) is 0 Å². The molecule has 2 rings (SSSR count). The first kappa shape index (κ1) is 21.7. The first-order chi connectivity index (χ1) is 13.4. The Morgan fingerprint density at radius 1 is 1.07 bits per heavy atom. The third-order valence-corrected chi connectivity index (χ3v) is 5.18. The standard InChI is InChI=1S/C21H30N2O5/c24-17-9-6-16(7-10-17)12-13-22-21(28)18(14-20(26)27)23-19(25)11-8-15-4-2-1-3-5-15/h6-7,9-10,15,18,24H,1-5,8,11-14H2,(H,22,28)(H,23,25)(H,26,27). The highest BCUT2D eigenvalue weighted by Gasteiger charge is 2.24. The molecule has 0 bridgehead atoms. The molecular formula is C21H30N2O5. The van der Waals surface area contributed by atoms with Gasteiger partial charge in [0.15, 0.2) is 0 Å². The summed E-state index contributed by atoms with van der Waals surface area (Å²) in [7, 11) is 0. The van der Waals surface area contributed by atoms with Crippen LogP contribution in [-0.2, 0) is 20.8 Å². The highest BCUT2D eigenvalue weighted by atomic mass is 16.4. The van der Waals surface area contributed by atoms with Gasteiger partial charge in [0.1, 0.15) is 11.8 Å². The number of nitrogens with one attached hydrogen (secondary N) is 2. The molecule has 0 spiro atoms. The van der Waals surface area contributed by atoms with Gasteiger partial charge in [0.05, 0.1) is 6.42 Å². The van der Waals surface area contributed by atoms with E-state index in [0.29, 0.717) is 25.3 Å². The molecule has 1 aliphatic carbocycles. The minimum absolute atomic E-state index is 0.172. The summed E-state index contributed by atoms with van der Waals surface area (Å²) in [6, 6.07) is 5.57. The first-order valence-electron chi connectivity index (χ1n) is 10.0. The van der Waals surface area contributed by atoms with Crippen molar-refractivity contribution in [3.05, 3.63) is 29.8 Å². The van der Waals surface area contributed by atoms with E-state index in [1.54, 1.807) is 24.3 Å². The molecule has 1 saturated carbocycles. The van der Waals surface area contributed by atoms with Crippen LogP contribution in [-0.4, -0.2) is 40.6 Å². The Bertz CT molecular complexity index is 653. The fraction of sp³-hybridized carbons (Fsp3) is 0.571. The average molecular weight is 390 g/mol. The zero-order valence-electron chi connectivity index (χ0n) is 16.2. The van der Waals surface area contributed by atoms with Gasteiger partial charge >= 0.3 is 5.97 Å². The van der Waals surface area contributed by atoms with Crippen LogP contribution < -0.4 is 10.6 Å². The number of phenols is 1. The Labute approximate surface area is 165 Å². The molecule has 0 radical (unpaired) electrons. The monoisotopic (exact) mass is 390 g/mol. The molecule has 7 heteroatoms. The lowest BCUT2D eigenvalue weighted by atomic mass is 9.86. The number of amides is 2. The molecular weight excluding hydrogens is 360 g/mol. The Kier molecular flexibility index (Phi) is 8.78. The molecule has 0 heterocycles. The molecule has 1 aliphatic rings. The summed E-state index contributed by atoms with van der Waals surface area (Å²) in [5.41, 5.74) is 0.935. The highest BCUT2D eigenvalue weighted by Crippen LogP contribution is 2.27. The van der Waals surface area contributed by atoms with Crippen molar-refractivity contribution in [3.63, 3.8) is 0 Å². The molecule has 28 heavy (non-hydrogen) atoms. The van der Waals surface area contributed by atoms with E-state index in [0.717, 1.165) is 24.8 Å². The van der Waals surface area contributed by atoms with Gasteiger partial charge in [-0.3, -0.25) is 14.4 Å². The minimum atomic E-state index is -1.13. The maximum atomic E-state index is 12.3. The zero-order valence-corrected chi connectivity index (χ0v) is 16.2. The second-order valence-electron chi connectivity index (χ2n) is 7.47. The highest BCUT2D eigenvalue weighted by molar-refractivity contribution is 5.90. The second kappa shape index (κ2) is 11.3. The maximum Gasteiger partial charge on any atom is 0.305 e. The van der Waals surface area contributed by atoms with Crippen LogP contribution in [0.25, 0.3) is 0 Å². The number of benzene rings is 1. The normalized spacial score (nSPS) is 15.6. The average Bonchev–Trinajstić information content (AvgIpc) is 2.68. The number of aliphatic carboxylic acids is 1. The molecule has 1 unspecified atom stereocenters. The number of carboxylic acids is 1. The van der Waals surface area contributed by atoms with Gasteiger partial charge in [-0.25, -0.2) is 0 Å². The number of carbonyl (C=O) groups excluding carboxylic acids is 2. The third-order valence-electron chi connectivity index (χ3n) is 5.18. The zero-order chi connectivity index (χ0) is 20.4. The summed E-state index contributed by atoms with van der Waals surface area (Å²) >= 11 is 0. The van der Waals surface area contributed by atoms with E-state index in [2.05, 4.69) is 10.6 Å². The Balaban J connectivity index is 1.77. The van der Waals surface area contributed by atoms with Crippen molar-refractivity contribution in [2.24, 2.45) is 5.92 Å². The number of hydrogen-bond donors (Lipinski definition) is 4. The van der Waals surface area contributed by atoms with Gasteiger partial charge in [0.2, 0.25) is 11.8 Å². The lowest BCUT2D eigenvalue weighted by molar-refractivity contribution is -0.140. The summed E-state index contributed by atoms with van der Waals surface area (Å²) < 4.78 is 0. The molecule has 2 amide bonds. The molecule has 1 atom stereocenters.